The number of nitrogens with one attached hydrogen (secondary N) is 2. The Kier molecular flexibility index (Phi) is 7.53. The van der Waals surface area contributed by atoms with Gasteiger partial charge in [-0.15, -0.1) is 0 Å². The predicted octanol–water partition coefficient (Wildman–Crippen LogP) is 1.10. The van der Waals surface area contributed by atoms with Crippen molar-refractivity contribution in [3.63, 3.8) is 0 Å². The molecule has 5 heteroatoms. The zero-order valence-corrected chi connectivity index (χ0v) is 9.90. The molecule has 15 heavy (non-hydrogen) atoms. The fraction of sp³-hybridized carbons (Fsp3) is 0.700. The maximum Gasteiger partial charge on any atom is 0.114 e. The van der Waals surface area contributed by atoms with E-state index < -0.39 is 0 Å². The first-order valence-electron chi connectivity index (χ1n) is 4.93. The van der Waals surface area contributed by atoms with Crippen LogP contribution in [0.4, 0.5) is 0 Å². The second kappa shape index (κ2) is 8.16. The Morgan fingerprint density at radius 3 is 2.53 bits per heavy atom. The molecule has 2 unspecified atom stereocenters. The van der Waals surface area contributed by atoms with E-state index >= 15 is 0 Å². The Balaban J connectivity index is 4.21. The van der Waals surface area contributed by atoms with Gasteiger partial charge < -0.3 is 10.6 Å². The van der Waals surface area contributed by atoms with Gasteiger partial charge in [-0.05, 0) is 13.5 Å². The van der Waals surface area contributed by atoms with Crippen molar-refractivity contribution in [3.8, 4) is 12.1 Å². The smallest absolute Gasteiger partial charge is 0.114 e. The maximum atomic E-state index is 8.83. The number of hydrogen-bond acceptors (Lipinski definition) is 4. The molecule has 0 aromatic rings. The maximum absolute atomic E-state index is 8.83. The van der Waals surface area contributed by atoms with Crippen LogP contribution in [0.5, 0.6) is 0 Å². The second-order valence-corrected chi connectivity index (χ2v) is 3.62. The zero-order chi connectivity index (χ0) is 11.7. The van der Waals surface area contributed by atoms with E-state index in [-0.39, 0.29) is 12.1 Å². The quantitative estimate of drug-likeness (QED) is 0.661. The molecule has 0 heterocycles. The summed E-state index contributed by atoms with van der Waals surface area (Å²) in [4.78, 5) is 0.541. The Hall–Kier alpha value is -1.17. The van der Waals surface area contributed by atoms with Gasteiger partial charge in [-0.1, -0.05) is 25.6 Å². The Bertz CT molecular complexity index is 276. The van der Waals surface area contributed by atoms with Gasteiger partial charge >= 0.3 is 0 Å². The minimum Gasteiger partial charge on any atom is -0.363 e. The van der Waals surface area contributed by atoms with E-state index in [1.54, 1.807) is 7.05 Å². The van der Waals surface area contributed by atoms with Gasteiger partial charge in [0.25, 0.3) is 0 Å². The molecule has 0 rings (SSSR count). The van der Waals surface area contributed by atoms with Crippen LogP contribution in [0.1, 0.15) is 26.2 Å². The van der Waals surface area contributed by atoms with Crippen LogP contribution in [0.25, 0.3) is 0 Å². The molecule has 0 aliphatic carbocycles. The highest BCUT2D eigenvalue weighted by Gasteiger charge is 2.15. The summed E-state index contributed by atoms with van der Waals surface area (Å²) in [6, 6.07) is 3.77. The van der Waals surface area contributed by atoms with E-state index in [9.17, 15) is 0 Å². The lowest BCUT2D eigenvalue weighted by atomic mass is 10.1. The van der Waals surface area contributed by atoms with Crippen molar-refractivity contribution in [2.75, 3.05) is 7.05 Å². The lowest BCUT2D eigenvalue weighted by Gasteiger charge is -2.18. The van der Waals surface area contributed by atoms with E-state index in [0.29, 0.717) is 11.4 Å². The summed E-state index contributed by atoms with van der Waals surface area (Å²) < 4.78 is 0. The SMILES string of the molecule is CCCC(C#N)NC(=S)C(CC#N)NC. The molecule has 0 amide bonds. The first-order valence-corrected chi connectivity index (χ1v) is 5.34. The van der Waals surface area contributed by atoms with Gasteiger partial charge in [0.1, 0.15) is 6.04 Å². The number of hydrogen-bond donors (Lipinski definition) is 2. The van der Waals surface area contributed by atoms with Crippen molar-refractivity contribution in [1.82, 2.24) is 10.6 Å². The average molecular weight is 224 g/mol. The number of likely N-dealkylation sites (N-methyl/N-ethyl adjacent to an activating group) is 1. The fourth-order valence-corrected chi connectivity index (χ4v) is 1.49. The van der Waals surface area contributed by atoms with Gasteiger partial charge in [0.2, 0.25) is 0 Å². The van der Waals surface area contributed by atoms with Gasteiger partial charge in [0.05, 0.1) is 29.6 Å². The normalized spacial score (nSPS) is 13.3. The highest BCUT2D eigenvalue weighted by atomic mass is 32.1. The second-order valence-electron chi connectivity index (χ2n) is 3.18. The minimum atomic E-state index is -0.253. The van der Waals surface area contributed by atoms with Crippen molar-refractivity contribution < 1.29 is 0 Å². The van der Waals surface area contributed by atoms with Crippen LogP contribution in [-0.2, 0) is 0 Å². The Morgan fingerprint density at radius 1 is 1.47 bits per heavy atom. The van der Waals surface area contributed by atoms with Crippen LogP contribution in [0, 0.1) is 22.7 Å². The topological polar surface area (TPSA) is 71.6 Å². The Morgan fingerprint density at radius 2 is 2.13 bits per heavy atom. The molecule has 0 aliphatic heterocycles. The van der Waals surface area contributed by atoms with Crippen LogP contribution in [0.15, 0.2) is 0 Å². The van der Waals surface area contributed by atoms with E-state index in [1.165, 1.54) is 0 Å². The third-order valence-corrected chi connectivity index (χ3v) is 2.41. The number of thiocarbonyl (C=S) groups is 1. The molecule has 0 aromatic heterocycles. The monoisotopic (exact) mass is 224 g/mol. The molecule has 2 atom stereocenters. The largest absolute Gasteiger partial charge is 0.363 e. The lowest BCUT2D eigenvalue weighted by molar-refractivity contribution is 0.627. The Labute approximate surface area is 96.3 Å². The summed E-state index contributed by atoms with van der Waals surface area (Å²) in [6.07, 6.45) is 2.00. The summed E-state index contributed by atoms with van der Waals surface area (Å²) in [6.45, 7) is 2.01. The van der Waals surface area contributed by atoms with Crippen molar-refractivity contribution in [2.24, 2.45) is 0 Å². The minimum absolute atomic E-state index is 0.169. The van der Waals surface area contributed by atoms with Crippen molar-refractivity contribution in [1.29, 1.82) is 10.5 Å². The first kappa shape index (κ1) is 13.8. The average Bonchev–Trinajstić information content (AvgIpc) is 2.24. The molecule has 4 nitrogen and oxygen atoms in total. The highest BCUT2D eigenvalue weighted by Crippen LogP contribution is 1.98. The van der Waals surface area contributed by atoms with Crippen LogP contribution in [0.2, 0.25) is 0 Å². The molecule has 2 N–H and O–H groups in total. The van der Waals surface area contributed by atoms with E-state index in [1.807, 2.05) is 13.0 Å². The summed E-state index contributed by atoms with van der Waals surface area (Å²) in [5.74, 6) is 0. The zero-order valence-electron chi connectivity index (χ0n) is 9.08. The van der Waals surface area contributed by atoms with Crippen LogP contribution in [0.3, 0.4) is 0 Å². The molecule has 0 radical (unpaired) electrons. The van der Waals surface area contributed by atoms with E-state index in [2.05, 4.69) is 16.7 Å². The summed E-state index contributed by atoms with van der Waals surface area (Å²) in [5, 5.41) is 23.3. The summed E-state index contributed by atoms with van der Waals surface area (Å²) >= 11 is 5.12. The molecule has 0 aromatic carbocycles. The van der Waals surface area contributed by atoms with Gasteiger partial charge in [-0.2, -0.15) is 10.5 Å². The number of nitrogens with zero attached hydrogens (tertiary/aromatic N) is 2. The van der Waals surface area contributed by atoms with Gasteiger partial charge in [-0.3, -0.25) is 0 Å². The lowest BCUT2D eigenvalue weighted by Crippen LogP contribution is -2.45. The first-order chi connectivity index (χ1) is 7.19. The van der Waals surface area contributed by atoms with Crippen LogP contribution in [-0.4, -0.2) is 24.1 Å². The summed E-state index contributed by atoms with van der Waals surface area (Å²) in [7, 11) is 1.75. The summed E-state index contributed by atoms with van der Waals surface area (Å²) in [5.41, 5.74) is 0. The molecule has 0 bridgehead atoms. The predicted molar refractivity (Wildman–Crippen MR) is 63.1 cm³/mol. The third kappa shape index (κ3) is 5.31. The molecular formula is C10H16N4S. The van der Waals surface area contributed by atoms with E-state index in [0.717, 1.165) is 12.8 Å². The molecular weight excluding hydrogens is 208 g/mol. The van der Waals surface area contributed by atoms with Crippen molar-refractivity contribution in [2.45, 2.75) is 38.3 Å². The molecule has 82 valence electrons. The van der Waals surface area contributed by atoms with Gasteiger partial charge in [-0.25, -0.2) is 0 Å². The van der Waals surface area contributed by atoms with Gasteiger partial charge in [0.15, 0.2) is 0 Å². The van der Waals surface area contributed by atoms with Crippen LogP contribution >= 0.6 is 12.2 Å². The standard InChI is InChI=1S/C10H16N4S/c1-3-4-8(7-12)14-10(15)9(13-2)5-6-11/h8-9,13H,3-5H2,1-2H3,(H,14,15). The van der Waals surface area contributed by atoms with Crippen LogP contribution < -0.4 is 10.6 Å². The molecule has 0 spiro atoms. The molecule has 0 saturated heterocycles. The highest BCUT2D eigenvalue weighted by molar-refractivity contribution is 7.80. The number of rotatable bonds is 6. The molecule has 0 saturated carbocycles. The molecule has 0 fully saturated rings. The van der Waals surface area contributed by atoms with Crippen molar-refractivity contribution >= 4 is 17.2 Å². The van der Waals surface area contributed by atoms with Gasteiger partial charge in [0, 0.05) is 0 Å². The molecule has 0 aliphatic rings. The fourth-order valence-electron chi connectivity index (χ4n) is 1.15. The van der Waals surface area contributed by atoms with Crippen molar-refractivity contribution in [3.05, 3.63) is 0 Å². The number of nitriles is 2. The third-order valence-electron chi connectivity index (χ3n) is 2.01. The van der Waals surface area contributed by atoms with E-state index in [4.69, 9.17) is 22.7 Å².